The predicted molar refractivity (Wildman–Crippen MR) is 83.5 cm³/mol. The molecule has 0 aromatic carbocycles. The molecule has 0 radical (unpaired) electrons. The van der Waals surface area contributed by atoms with Gasteiger partial charge in [-0.1, -0.05) is 0 Å². The standard InChI is InChI=1S/C9H10O3.C8H15N/c1-10-7-5-4-6(5)8(11-2)9(7)12-3;1-7-6-8-2-4-9(7)5-3-8/h4H,1-3H3;7-8H,2-6H2,1H3. The zero-order valence-corrected chi connectivity index (χ0v) is 13.4. The smallest absolute Gasteiger partial charge is 0.204 e. The van der Waals surface area contributed by atoms with E-state index in [-0.39, 0.29) is 0 Å². The minimum absolute atomic E-state index is 0.701. The average Bonchev–Trinajstić information content (AvgIpc) is 3.23. The van der Waals surface area contributed by atoms with Crippen molar-refractivity contribution in [1.29, 1.82) is 0 Å². The van der Waals surface area contributed by atoms with Crippen molar-refractivity contribution in [3.63, 3.8) is 0 Å². The highest BCUT2D eigenvalue weighted by Gasteiger charge is 2.32. The van der Waals surface area contributed by atoms with Gasteiger partial charge < -0.3 is 19.1 Å². The molecule has 1 unspecified atom stereocenters. The van der Waals surface area contributed by atoms with Crippen LogP contribution in [0.15, 0.2) is 6.07 Å². The summed E-state index contributed by atoms with van der Waals surface area (Å²) < 4.78 is 15.5. The van der Waals surface area contributed by atoms with Crippen LogP contribution in [0.5, 0.6) is 17.2 Å². The fourth-order valence-corrected chi connectivity index (χ4v) is 3.68. The minimum Gasteiger partial charge on any atom is -0.492 e. The quantitative estimate of drug-likeness (QED) is 0.869. The van der Waals surface area contributed by atoms with Crippen molar-refractivity contribution >= 4 is 0 Å². The Balaban J connectivity index is 0.000000131. The molecule has 2 aliphatic carbocycles. The lowest BCUT2D eigenvalue weighted by Gasteiger charge is -2.43. The van der Waals surface area contributed by atoms with Gasteiger partial charge in [-0.25, -0.2) is 0 Å². The van der Waals surface area contributed by atoms with Crippen LogP contribution < -0.4 is 14.2 Å². The topological polar surface area (TPSA) is 30.9 Å². The third-order valence-electron chi connectivity index (χ3n) is 4.96. The molecule has 0 amide bonds. The second kappa shape index (κ2) is 5.76. The Labute approximate surface area is 127 Å². The zero-order valence-electron chi connectivity index (χ0n) is 13.4. The average molecular weight is 291 g/mol. The maximum absolute atomic E-state index is 5.17. The first-order chi connectivity index (χ1) is 10.2. The van der Waals surface area contributed by atoms with Gasteiger partial charge in [0, 0.05) is 17.2 Å². The molecule has 4 nitrogen and oxygen atoms in total. The van der Waals surface area contributed by atoms with Crippen molar-refractivity contribution in [2.45, 2.75) is 32.2 Å². The first kappa shape index (κ1) is 14.5. The molecule has 0 aromatic heterocycles. The highest BCUT2D eigenvalue weighted by molar-refractivity contribution is 5.98. The normalized spacial score (nSPS) is 27.5. The number of rotatable bonds is 3. The lowest BCUT2D eigenvalue weighted by Crippen LogP contribution is -2.46. The molecule has 21 heavy (non-hydrogen) atoms. The summed E-state index contributed by atoms with van der Waals surface area (Å²) in [5.41, 5.74) is 2.21. The maximum Gasteiger partial charge on any atom is 0.204 e. The molecule has 3 heterocycles. The monoisotopic (exact) mass is 291 g/mol. The van der Waals surface area contributed by atoms with Crippen molar-refractivity contribution in [2.75, 3.05) is 34.4 Å². The molecule has 0 aromatic rings. The Morgan fingerprint density at radius 2 is 1.43 bits per heavy atom. The number of benzene rings is 1. The molecule has 1 atom stereocenters. The van der Waals surface area contributed by atoms with E-state index in [2.05, 4.69) is 11.8 Å². The maximum atomic E-state index is 5.17. The van der Waals surface area contributed by atoms with Crippen molar-refractivity contribution in [3.8, 4) is 28.4 Å². The summed E-state index contributed by atoms with van der Waals surface area (Å²) in [6.07, 6.45) is 4.43. The molecule has 3 aliphatic heterocycles. The van der Waals surface area contributed by atoms with Gasteiger partial charge >= 0.3 is 0 Å². The second-order valence-corrected chi connectivity index (χ2v) is 6.14. The van der Waals surface area contributed by atoms with Gasteiger partial charge in [0.05, 0.1) is 21.3 Å². The molecular formula is C17H25NO3. The van der Waals surface area contributed by atoms with E-state index < -0.39 is 0 Å². The Morgan fingerprint density at radius 3 is 1.71 bits per heavy atom. The molecule has 0 saturated carbocycles. The molecule has 0 N–H and O–H groups in total. The SMILES string of the molecule is CC1CC2CCN1CC2.COc1c2cc-2c(OC)c1OC. The minimum atomic E-state index is 0.701. The Morgan fingerprint density at radius 1 is 0.905 bits per heavy atom. The van der Waals surface area contributed by atoms with E-state index in [1.807, 2.05) is 6.07 Å². The van der Waals surface area contributed by atoms with Crippen LogP contribution in [0, 0.1) is 5.92 Å². The first-order valence-corrected chi connectivity index (χ1v) is 7.77. The van der Waals surface area contributed by atoms with Gasteiger partial charge in [-0.2, -0.15) is 0 Å². The third-order valence-corrected chi connectivity index (χ3v) is 4.96. The van der Waals surface area contributed by atoms with E-state index in [0.717, 1.165) is 34.6 Å². The fraction of sp³-hybridized carbons (Fsp3) is 0.647. The van der Waals surface area contributed by atoms with Crippen LogP contribution in [0.4, 0.5) is 0 Å². The summed E-state index contributed by atoms with van der Waals surface area (Å²) in [6, 6.07) is 2.91. The van der Waals surface area contributed by atoms with E-state index in [4.69, 9.17) is 14.2 Å². The number of fused-ring (bicyclic) bond motifs is 4. The second-order valence-electron chi connectivity index (χ2n) is 6.14. The molecule has 0 spiro atoms. The summed E-state index contributed by atoms with van der Waals surface area (Å²) in [5.74, 6) is 3.35. The molecule has 2 bridgehead atoms. The number of ether oxygens (including phenoxy) is 3. The zero-order chi connectivity index (χ0) is 15.0. The number of hydrogen-bond acceptors (Lipinski definition) is 4. The highest BCUT2D eigenvalue weighted by atomic mass is 16.5. The molecular weight excluding hydrogens is 266 g/mol. The highest BCUT2D eigenvalue weighted by Crippen LogP contribution is 2.59. The third kappa shape index (κ3) is 2.57. The lowest BCUT2D eigenvalue weighted by atomic mass is 9.84. The summed E-state index contributed by atoms with van der Waals surface area (Å²) in [4.78, 5) is 2.62. The van der Waals surface area contributed by atoms with Gasteiger partial charge in [0.15, 0.2) is 11.5 Å². The van der Waals surface area contributed by atoms with E-state index in [1.54, 1.807) is 21.3 Å². The van der Waals surface area contributed by atoms with E-state index in [1.165, 1.54) is 32.4 Å². The van der Waals surface area contributed by atoms with E-state index in [0.29, 0.717) is 5.75 Å². The van der Waals surface area contributed by atoms with Crippen molar-refractivity contribution in [3.05, 3.63) is 6.07 Å². The van der Waals surface area contributed by atoms with Crippen LogP contribution in [-0.4, -0.2) is 45.4 Å². The fourth-order valence-electron chi connectivity index (χ4n) is 3.68. The van der Waals surface area contributed by atoms with Gasteiger partial charge in [-0.3, -0.25) is 0 Å². The molecule has 5 rings (SSSR count). The number of piperidine rings is 3. The molecule has 4 heteroatoms. The number of methoxy groups -OCH3 is 3. The predicted octanol–water partition coefficient (Wildman–Crippen LogP) is 3.18. The van der Waals surface area contributed by atoms with Crippen molar-refractivity contribution < 1.29 is 14.2 Å². The Kier molecular flexibility index (Phi) is 3.98. The van der Waals surface area contributed by atoms with Crippen LogP contribution in [0.1, 0.15) is 26.2 Å². The van der Waals surface area contributed by atoms with E-state index >= 15 is 0 Å². The number of nitrogens with zero attached hydrogens (tertiary/aromatic N) is 1. The lowest BCUT2D eigenvalue weighted by molar-refractivity contribution is 0.0594. The van der Waals surface area contributed by atoms with Gasteiger partial charge in [0.2, 0.25) is 5.75 Å². The van der Waals surface area contributed by atoms with Gasteiger partial charge in [-0.15, -0.1) is 0 Å². The summed E-state index contributed by atoms with van der Waals surface area (Å²) >= 11 is 0. The first-order valence-electron chi connectivity index (χ1n) is 7.77. The van der Waals surface area contributed by atoms with Crippen LogP contribution >= 0.6 is 0 Å². The molecule has 116 valence electrons. The molecule has 3 saturated heterocycles. The number of hydrogen-bond donors (Lipinski definition) is 0. The van der Waals surface area contributed by atoms with Crippen LogP contribution in [-0.2, 0) is 0 Å². The Hall–Kier alpha value is -1.42. The van der Waals surface area contributed by atoms with Crippen molar-refractivity contribution in [1.82, 2.24) is 4.90 Å². The van der Waals surface area contributed by atoms with Gasteiger partial charge in [0.25, 0.3) is 0 Å². The van der Waals surface area contributed by atoms with Crippen LogP contribution in [0.25, 0.3) is 11.1 Å². The largest absolute Gasteiger partial charge is 0.492 e. The van der Waals surface area contributed by atoms with E-state index in [9.17, 15) is 0 Å². The van der Waals surface area contributed by atoms with Crippen molar-refractivity contribution in [2.24, 2.45) is 5.92 Å². The van der Waals surface area contributed by atoms with Crippen LogP contribution in [0.2, 0.25) is 0 Å². The van der Waals surface area contributed by atoms with Crippen LogP contribution in [0.3, 0.4) is 0 Å². The molecule has 5 aliphatic rings. The summed E-state index contributed by atoms with van der Waals surface area (Å²) in [6.45, 7) is 5.13. The van der Waals surface area contributed by atoms with Gasteiger partial charge in [-0.05, 0) is 51.3 Å². The summed E-state index contributed by atoms with van der Waals surface area (Å²) in [5, 5.41) is 0. The van der Waals surface area contributed by atoms with Gasteiger partial charge in [0.1, 0.15) is 0 Å². The summed E-state index contributed by atoms with van der Waals surface area (Å²) in [7, 11) is 4.87. The Bertz CT molecular complexity index is 493. The molecule has 3 fully saturated rings.